The summed E-state index contributed by atoms with van der Waals surface area (Å²) in [6.07, 6.45) is 0.762. The Hall–Kier alpha value is -2.45. The summed E-state index contributed by atoms with van der Waals surface area (Å²) < 4.78 is 39.0. The number of hydrogen-bond donors (Lipinski definition) is 1. The van der Waals surface area contributed by atoms with Crippen molar-refractivity contribution in [2.75, 3.05) is 6.61 Å². The molecular weight excluding hydrogens is 458 g/mol. The van der Waals surface area contributed by atoms with Gasteiger partial charge in [-0.3, -0.25) is 4.79 Å². The highest BCUT2D eigenvalue weighted by atomic mass is 79.9. The van der Waals surface area contributed by atoms with Crippen LogP contribution in [-0.4, -0.2) is 17.5 Å². The van der Waals surface area contributed by atoms with Crippen molar-refractivity contribution in [2.45, 2.75) is 12.8 Å². The second-order valence-electron chi connectivity index (χ2n) is 5.79. The number of aromatic nitrogens is 1. The highest BCUT2D eigenvalue weighted by Gasteiger charge is 2.18. The maximum absolute atomic E-state index is 14.1. The summed E-state index contributed by atoms with van der Waals surface area (Å²) in [5, 5.41) is 0.612. The van der Waals surface area contributed by atoms with Gasteiger partial charge in [0.2, 0.25) is 0 Å². The van der Waals surface area contributed by atoms with Gasteiger partial charge in [-0.2, -0.15) is 0 Å². The maximum Gasteiger partial charge on any atom is 0.251 e. The van der Waals surface area contributed by atoms with Crippen molar-refractivity contribution in [3.05, 3.63) is 69.2 Å². The lowest BCUT2D eigenvalue weighted by molar-refractivity contribution is 0.0995. The molecule has 0 saturated carbocycles. The van der Waals surface area contributed by atoms with E-state index in [1.54, 1.807) is 12.1 Å². The number of primary amides is 1. The Labute approximate surface area is 172 Å². The minimum Gasteiger partial charge on any atom is -0.488 e. The molecule has 0 atom stereocenters. The van der Waals surface area contributed by atoms with Gasteiger partial charge in [0.05, 0.1) is 12.2 Å². The molecule has 5 nitrogen and oxygen atoms in total. The summed E-state index contributed by atoms with van der Waals surface area (Å²) in [6.45, 7) is -0.00761. The van der Waals surface area contributed by atoms with Crippen molar-refractivity contribution in [3.63, 3.8) is 0 Å². The zero-order valence-corrected chi connectivity index (χ0v) is 16.7. The van der Waals surface area contributed by atoms with Crippen molar-refractivity contribution >= 4 is 33.4 Å². The Balaban J connectivity index is 1.62. The number of aryl methyl sites for hydroxylation is 1. The number of carbonyl (C=O) groups excluding carboxylic acids is 1. The van der Waals surface area contributed by atoms with Crippen LogP contribution in [0, 0.1) is 11.6 Å². The van der Waals surface area contributed by atoms with Gasteiger partial charge in [0, 0.05) is 17.0 Å². The molecule has 0 saturated heterocycles. The van der Waals surface area contributed by atoms with E-state index >= 15 is 0 Å². The van der Waals surface area contributed by atoms with Gasteiger partial charge in [-0.05, 0) is 46.6 Å². The fraction of sp³-hybridized carbons (Fsp3) is 0.158. The van der Waals surface area contributed by atoms with Crippen LogP contribution in [0.25, 0.3) is 11.3 Å². The number of oxazole rings is 1. The Morgan fingerprint density at radius 1 is 1.21 bits per heavy atom. The smallest absolute Gasteiger partial charge is 0.251 e. The van der Waals surface area contributed by atoms with Crippen molar-refractivity contribution in [3.8, 4) is 17.0 Å². The average Bonchev–Trinajstić information content (AvgIpc) is 3.02. The molecule has 2 aromatic carbocycles. The molecule has 3 rings (SSSR count). The van der Waals surface area contributed by atoms with Crippen LogP contribution in [0.4, 0.5) is 8.78 Å². The molecule has 0 aliphatic carbocycles. The van der Waals surface area contributed by atoms with Crippen molar-refractivity contribution in [1.29, 1.82) is 0 Å². The summed E-state index contributed by atoms with van der Waals surface area (Å²) in [6, 6.07) is 9.03. The van der Waals surface area contributed by atoms with Gasteiger partial charge < -0.3 is 14.9 Å². The van der Waals surface area contributed by atoms with Crippen LogP contribution in [0.15, 0.2) is 45.5 Å². The number of rotatable bonds is 7. The quantitative estimate of drug-likeness (QED) is 0.484. The average molecular weight is 472 g/mol. The van der Waals surface area contributed by atoms with Crippen molar-refractivity contribution in [1.82, 2.24) is 4.98 Å². The Kier molecular flexibility index (Phi) is 6.31. The Bertz CT molecular complexity index is 1010. The van der Waals surface area contributed by atoms with E-state index in [9.17, 15) is 13.6 Å². The van der Waals surface area contributed by atoms with Gasteiger partial charge in [-0.1, -0.05) is 23.7 Å². The van der Waals surface area contributed by atoms with Crippen LogP contribution >= 0.6 is 27.5 Å². The molecule has 1 aromatic heterocycles. The first kappa shape index (κ1) is 20.3. The molecule has 0 radical (unpaired) electrons. The molecule has 146 valence electrons. The third kappa shape index (κ3) is 4.51. The highest BCUT2D eigenvalue weighted by Crippen LogP contribution is 2.30. The first-order valence-electron chi connectivity index (χ1n) is 8.18. The van der Waals surface area contributed by atoms with Gasteiger partial charge in [0.1, 0.15) is 5.69 Å². The number of carbonyl (C=O) groups is 1. The Morgan fingerprint density at radius 3 is 2.61 bits per heavy atom. The second-order valence-corrected chi connectivity index (χ2v) is 6.95. The molecule has 0 aliphatic rings. The molecule has 9 heteroatoms. The summed E-state index contributed by atoms with van der Waals surface area (Å²) in [5.41, 5.74) is 6.07. The van der Waals surface area contributed by atoms with Crippen molar-refractivity contribution < 1.29 is 22.7 Å². The second kappa shape index (κ2) is 8.70. The van der Waals surface area contributed by atoms with Gasteiger partial charge in [-0.15, -0.1) is 0 Å². The molecule has 0 aliphatic heterocycles. The number of nitrogens with zero attached hydrogens (tertiary/aromatic N) is 1. The predicted molar refractivity (Wildman–Crippen MR) is 103 cm³/mol. The predicted octanol–water partition coefficient (Wildman–Crippen LogP) is 5.15. The fourth-order valence-electron chi connectivity index (χ4n) is 2.49. The topological polar surface area (TPSA) is 78.4 Å². The number of halogens is 4. The highest BCUT2D eigenvalue weighted by molar-refractivity contribution is 9.10. The number of hydrogen-bond acceptors (Lipinski definition) is 4. The lowest BCUT2D eigenvalue weighted by atomic mass is 10.2. The van der Waals surface area contributed by atoms with E-state index in [0.717, 1.165) is 17.7 Å². The largest absolute Gasteiger partial charge is 0.488 e. The van der Waals surface area contributed by atoms with Crippen LogP contribution in [0.3, 0.4) is 0 Å². The molecule has 2 N–H and O–H groups in total. The van der Waals surface area contributed by atoms with Gasteiger partial charge in [0.15, 0.2) is 27.9 Å². The van der Waals surface area contributed by atoms with E-state index < -0.39 is 28.9 Å². The SMILES string of the molecule is NC(=O)c1ccc(F)c(OCCCc2nc(-c3ccc(Cl)cc3)c(Br)o2)c1F. The normalized spacial score (nSPS) is 10.9. The lowest BCUT2D eigenvalue weighted by Crippen LogP contribution is -2.15. The number of amides is 1. The van der Waals surface area contributed by atoms with E-state index in [1.165, 1.54) is 0 Å². The van der Waals surface area contributed by atoms with Crippen LogP contribution < -0.4 is 10.5 Å². The first-order chi connectivity index (χ1) is 13.4. The van der Waals surface area contributed by atoms with Gasteiger partial charge in [0.25, 0.3) is 5.91 Å². The molecule has 1 heterocycles. The zero-order valence-electron chi connectivity index (χ0n) is 14.3. The summed E-state index contributed by atoms with van der Waals surface area (Å²) in [7, 11) is 0. The zero-order chi connectivity index (χ0) is 20.3. The van der Waals surface area contributed by atoms with Crippen LogP contribution in [0.5, 0.6) is 5.75 Å². The van der Waals surface area contributed by atoms with E-state index in [0.29, 0.717) is 34.1 Å². The summed E-state index contributed by atoms with van der Waals surface area (Å²) in [4.78, 5) is 15.5. The molecule has 0 bridgehead atoms. The molecular formula is C19H14BrClF2N2O3. The molecule has 3 aromatic rings. The minimum atomic E-state index is -1.11. The third-order valence-electron chi connectivity index (χ3n) is 3.84. The van der Waals surface area contributed by atoms with E-state index in [1.807, 2.05) is 12.1 Å². The molecule has 0 unspecified atom stereocenters. The van der Waals surface area contributed by atoms with Gasteiger partial charge in [-0.25, -0.2) is 13.8 Å². The van der Waals surface area contributed by atoms with Crippen LogP contribution in [0.1, 0.15) is 22.7 Å². The minimum absolute atomic E-state index is 0.00761. The standard InChI is InChI=1S/C19H14BrClF2N2O3/c20-18-16(10-3-5-11(21)6-4-10)25-14(28-18)2-1-9-27-17-13(22)8-7-12(15(17)23)19(24)26/h3-8H,1-2,9H2,(H2,24,26). The molecule has 1 amide bonds. The van der Waals surface area contributed by atoms with Crippen LogP contribution in [0.2, 0.25) is 5.02 Å². The lowest BCUT2D eigenvalue weighted by Gasteiger charge is -2.09. The summed E-state index contributed by atoms with van der Waals surface area (Å²) in [5.74, 6) is -3.22. The molecule has 28 heavy (non-hydrogen) atoms. The number of nitrogens with two attached hydrogens (primary N) is 1. The third-order valence-corrected chi connectivity index (χ3v) is 4.63. The first-order valence-corrected chi connectivity index (χ1v) is 9.35. The van der Waals surface area contributed by atoms with Crippen molar-refractivity contribution in [2.24, 2.45) is 5.73 Å². The number of ether oxygens (including phenoxy) is 1. The maximum atomic E-state index is 14.1. The Morgan fingerprint density at radius 2 is 1.93 bits per heavy atom. The summed E-state index contributed by atoms with van der Waals surface area (Å²) >= 11 is 9.20. The monoisotopic (exact) mass is 470 g/mol. The van der Waals surface area contributed by atoms with E-state index in [-0.39, 0.29) is 6.61 Å². The molecule has 0 fully saturated rings. The van der Waals surface area contributed by atoms with Gasteiger partial charge >= 0.3 is 0 Å². The molecule has 0 spiro atoms. The fourth-order valence-corrected chi connectivity index (χ4v) is 3.12. The van der Waals surface area contributed by atoms with E-state index in [2.05, 4.69) is 20.9 Å². The van der Waals surface area contributed by atoms with Crippen LogP contribution in [-0.2, 0) is 6.42 Å². The van der Waals surface area contributed by atoms with E-state index in [4.69, 9.17) is 26.5 Å². The number of benzene rings is 2.